The molecule has 0 radical (unpaired) electrons. The van der Waals surface area contributed by atoms with E-state index in [1.807, 2.05) is 30.3 Å². The van der Waals surface area contributed by atoms with Gasteiger partial charge < -0.3 is 4.42 Å². The lowest BCUT2D eigenvalue weighted by Gasteiger charge is -2.25. The van der Waals surface area contributed by atoms with E-state index >= 15 is 0 Å². The van der Waals surface area contributed by atoms with Crippen LogP contribution in [0.5, 0.6) is 0 Å². The summed E-state index contributed by atoms with van der Waals surface area (Å²) in [6.45, 7) is 0. The van der Waals surface area contributed by atoms with Crippen LogP contribution in [0.25, 0.3) is 11.5 Å². The van der Waals surface area contributed by atoms with Gasteiger partial charge in [0.1, 0.15) is 11.9 Å². The van der Waals surface area contributed by atoms with Crippen molar-refractivity contribution in [2.75, 3.05) is 0 Å². The van der Waals surface area contributed by atoms with Gasteiger partial charge in [-0.3, -0.25) is 5.32 Å². The van der Waals surface area contributed by atoms with Crippen molar-refractivity contribution in [3.05, 3.63) is 71.9 Å². The molecule has 1 saturated carbocycles. The highest BCUT2D eigenvalue weighted by Crippen LogP contribution is 2.28. The maximum atomic E-state index is 13.5. The molecule has 0 aliphatic heterocycles. The van der Waals surface area contributed by atoms with Gasteiger partial charge in [-0.25, -0.2) is 4.39 Å². The van der Waals surface area contributed by atoms with Crippen molar-refractivity contribution in [3.63, 3.8) is 0 Å². The van der Waals surface area contributed by atoms with Crippen molar-refractivity contribution in [1.82, 2.24) is 15.5 Å². The summed E-state index contributed by atoms with van der Waals surface area (Å²) in [5.41, 5.74) is 1.83. The fourth-order valence-corrected chi connectivity index (χ4v) is 3.87. The van der Waals surface area contributed by atoms with Gasteiger partial charge in [-0.05, 0) is 42.7 Å². The van der Waals surface area contributed by atoms with E-state index in [1.165, 1.54) is 44.2 Å². The Morgan fingerprint density at radius 3 is 2.25 bits per heavy atom. The fraction of sp³-hybridized carbons (Fsp3) is 0.391. The average molecular weight is 379 g/mol. The molecule has 1 fully saturated rings. The molecule has 0 amide bonds. The van der Waals surface area contributed by atoms with E-state index in [4.69, 9.17) is 4.42 Å². The molecule has 1 N–H and O–H groups in total. The summed E-state index contributed by atoms with van der Waals surface area (Å²) in [4.78, 5) is 0. The smallest absolute Gasteiger partial charge is 0.247 e. The summed E-state index contributed by atoms with van der Waals surface area (Å²) in [6, 6.07) is 16.5. The summed E-state index contributed by atoms with van der Waals surface area (Å²) in [7, 11) is 0. The molecule has 3 aromatic rings. The van der Waals surface area contributed by atoms with Gasteiger partial charge in [-0.2, -0.15) is 0 Å². The number of aromatic nitrogens is 2. The van der Waals surface area contributed by atoms with Crippen molar-refractivity contribution in [2.45, 2.75) is 57.0 Å². The van der Waals surface area contributed by atoms with E-state index in [0.29, 0.717) is 17.8 Å². The first kappa shape index (κ1) is 18.8. The van der Waals surface area contributed by atoms with Gasteiger partial charge >= 0.3 is 0 Å². The minimum absolute atomic E-state index is 0.241. The lowest BCUT2D eigenvalue weighted by molar-refractivity contribution is 0.342. The molecule has 1 heterocycles. The topological polar surface area (TPSA) is 51.0 Å². The molecule has 1 aliphatic carbocycles. The lowest BCUT2D eigenvalue weighted by atomic mass is 9.95. The molecule has 0 spiro atoms. The van der Waals surface area contributed by atoms with Crippen LogP contribution in [0, 0.1) is 5.82 Å². The predicted octanol–water partition coefficient (Wildman–Crippen LogP) is 5.67. The Kier molecular flexibility index (Phi) is 6.12. The zero-order valence-corrected chi connectivity index (χ0v) is 16.0. The zero-order chi connectivity index (χ0) is 19.2. The van der Waals surface area contributed by atoms with Crippen LogP contribution in [0.3, 0.4) is 0 Å². The van der Waals surface area contributed by atoms with Gasteiger partial charge in [0.2, 0.25) is 11.8 Å². The lowest BCUT2D eigenvalue weighted by Crippen LogP contribution is -2.34. The van der Waals surface area contributed by atoms with Gasteiger partial charge in [0.25, 0.3) is 0 Å². The van der Waals surface area contributed by atoms with Crippen LogP contribution in [-0.2, 0) is 0 Å². The molecule has 0 saturated heterocycles. The highest BCUT2D eigenvalue weighted by Gasteiger charge is 2.25. The van der Waals surface area contributed by atoms with Gasteiger partial charge in [0, 0.05) is 11.6 Å². The second kappa shape index (κ2) is 9.11. The number of hydrogen-bond acceptors (Lipinski definition) is 4. The molecule has 4 rings (SSSR count). The quantitative estimate of drug-likeness (QED) is 0.621. The van der Waals surface area contributed by atoms with Crippen LogP contribution < -0.4 is 5.32 Å². The molecule has 5 heteroatoms. The Morgan fingerprint density at radius 2 is 1.54 bits per heavy atom. The minimum atomic E-state index is -0.246. The van der Waals surface area contributed by atoms with Crippen molar-refractivity contribution in [3.8, 4) is 11.5 Å². The van der Waals surface area contributed by atoms with Crippen molar-refractivity contribution < 1.29 is 8.81 Å². The number of hydrogen-bond donors (Lipinski definition) is 1. The molecule has 2 aromatic carbocycles. The third-order valence-corrected chi connectivity index (χ3v) is 5.42. The highest BCUT2D eigenvalue weighted by atomic mass is 19.1. The summed E-state index contributed by atoms with van der Waals surface area (Å²) in [6.07, 6.45) is 8.64. The van der Waals surface area contributed by atoms with Gasteiger partial charge in [0.05, 0.1) is 0 Å². The predicted molar refractivity (Wildman–Crippen MR) is 107 cm³/mol. The summed E-state index contributed by atoms with van der Waals surface area (Å²) >= 11 is 0. The van der Waals surface area contributed by atoms with E-state index < -0.39 is 0 Å². The van der Waals surface area contributed by atoms with E-state index in [9.17, 15) is 4.39 Å². The van der Waals surface area contributed by atoms with Crippen molar-refractivity contribution in [1.29, 1.82) is 0 Å². The third kappa shape index (κ3) is 4.65. The molecule has 1 atom stereocenters. The van der Waals surface area contributed by atoms with Gasteiger partial charge in [-0.1, -0.05) is 62.4 Å². The fourth-order valence-electron chi connectivity index (χ4n) is 3.87. The van der Waals surface area contributed by atoms with Crippen LogP contribution in [0.4, 0.5) is 4.39 Å². The van der Waals surface area contributed by atoms with Crippen molar-refractivity contribution in [2.24, 2.45) is 0 Å². The summed E-state index contributed by atoms with van der Waals surface area (Å²) in [5.74, 6) is 0.777. The second-order valence-electron chi connectivity index (χ2n) is 7.50. The van der Waals surface area contributed by atoms with Crippen LogP contribution in [0.1, 0.15) is 62.4 Å². The molecular weight excluding hydrogens is 353 g/mol. The Bertz CT molecular complexity index is 855. The molecule has 1 aliphatic rings. The van der Waals surface area contributed by atoms with E-state index in [-0.39, 0.29) is 11.9 Å². The van der Waals surface area contributed by atoms with Gasteiger partial charge in [0.15, 0.2) is 0 Å². The van der Waals surface area contributed by atoms with Crippen LogP contribution in [0.2, 0.25) is 0 Å². The Morgan fingerprint density at radius 1 is 0.857 bits per heavy atom. The maximum absolute atomic E-state index is 13.5. The number of nitrogens with zero attached hydrogens (tertiary/aromatic N) is 2. The zero-order valence-electron chi connectivity index (χ0n) is 16.0. The molecule has 146 valence electrons. The monoisotopic (exact) mass is 379 g/mol. The van der Waals surface area contributed by atoms with E-state index in [0.717, 1.165) is 24.0 Å². The maximum Gasteiger partial charge on any atom is 0.247 e. The standard InChI is InChI=1S/C23H26FN3O/c24-19-15-13-17(14-16-19)21(25-20-11-7-2-1-3-8-12-20)23-27-26-22(28-23)18-9-5-4-6-10-18/h4-6,9-10,13-16,20-21,25H,1-3,7-8,11-12H2/t21-/m1/s1. The first-order valence-electron chi connectivity index (χ1n) is 10.2. The van der Waals surface area contributed by atoms with Crippen LogP contribution in [0.15, 0.2) is 59.0 Å². The summed E-state index contributed by atoms with van der Waals surface area (Å²) in [5, 5.41) is 12.3. The highest BCUT2D eigenvalue weighted by molar-refractivity contribution is 5.51. The molecule has 4 nitrogen and oxygen atoms in total. The Balaban J connectivity index is 1.61. The number of nitrogens with one attached hydrogen (secondary N) is 1. The normalized spacial score (nSPS) is 17.0. The van der Waals surface area contributed by atoms with E-state index in [2.05, 4.69) is 15.5 Å². The molecule has 0 unspecified atom stereocenters. The first-order chi connectivity index (χ1) is 13.8. The SMILES string of the molecule is Fc1ccc([C@@H](NC2CCCCCCC2)c2nnc(-c3ccccc3)o2)cc1. The van der Waals surface area contributed by atoms with Crippen LogP contribution in [-0.4, -0.2) is 16.2 Å². The molecule has 1 aromatic heterocycles. The molecular formula is C23H26FN3O. The second-order valence-corrected chi connectivity index (χ2v) is 7.50. The third-order valence-electron chi connectivity index (χ3n) is 5.42. The minimum Gasteiger partial charge on any atom is -0.419 e. The average Bonchev–Trinajstić information content (AvgIpc) is 3.19. The van der Waals surface area contributed by atoms with Crippen molar-refractivity contribution >= 4 is 0 Å². The Labute approximate surface area is 165 Å². The van der Waals surface area contributed by atoms with E-state index in [1.54, 1.807) is 12.1 Å². The Hall–Kier alpha value is -2.53. The largest absolute Gasteiger partial charge is 0.419 e. The van der Waals surface area contributed by atoms with Gasteiger partial charge in [-0.15, -0.1) is 10.2 Å². The number of halogens is 1. The summed E-state index contributed by atoms with van der Waals surface area (Å²) < 4.78 is 19.5. The van der Waals surface area contributed by atoms with Crippen LogP contribution >= 0.6 is 0 Å². The first-order valence-corrected chi connectivity index (χ1v) is 10.2. The number of rotatable bonds is 5. The molecule has 28 heavy (non-hydrogen) atoms. The molecule has 0 bridgehead atoms. The number of benzene rings is 2.